The maximum Gasteiger partial charge on any atom is 0.345 e. The molecule has 0 spiro atoms. The van der Waals surface area contributed by atoms with E-state index in [1.54, 1.807) is 48.5 Å². The van der Waals surface area contributed by atoms with Gasteiger partial charge in [0.15, 0.2) is 24.0 Å². The first-order valence-electron chi connectivity index (χ1n) is 7.29. The smallest absolute Gasteiger partial charge is 0.271 e. The minimum atomic E-state index is -0.233. The summed E-state index contributed by atoms with van der Waals surface area (Å²) in [7, 11) is 0. The van der Waals surface area contributed by atoms with Gasteiger partial charge in [0, 0.05) is 64.3 Å². The molecule has 0 saturated carbocycles. The Morgan fingerprint density at radius 2 is 0.852 bits per heavy atom. The Hall–Kier alpha value is -1.68. The van der Waals surface area contributed by atoms with Gasteiger partial charge in [-0.05, 0) is 24.3 Å². The van der Waals surface area contributed by atoms with E-state index in [0.29, 0.717) is 11.1 Å². The van der Waals surface area contributed by atoms with E-state index >= 15 is 0 Å². The Labute approximate surface area is 191 Å². The average Bonchev–Trinajstić information content (AvgIpc) is 2.56. The van der Waals surface area contributed by atoms with Crippen LogP contribution >= 0.6 is 0 Å². The molecule has 0 fully saturated rings. The van der Waals surface area contributed by atoms with E-state index in [1.807, 2.05) is 12.1 Å². The van der Waals surface area contributed by atoms with Crippen LogP contribution < -0.4 is 0 Å². The zero-order valence-corrected chi connectivity index (χ0v) is 19.2. The van der Waals surface area contributed by atoms with Crippen molar-refractivity contribution in [3.63, 3.8) is 0 Å². The molecule has 140 valence electrons. The summed E-state index contributed by atoms with van der Waals surface area (Å²) in [5.74, 6) is -0.904. The largest absolute Gasteiger partial charge is 0.345 e. The van der Waals surface area contributed by atoms with Crippen LogP contribution in [0.15, 0.2) is 60.7 Å². The van der Waals surface area contributed by atoms with Gasteiger partial charge in [-0.15, -0.1) is 0 Å². The molecule has 0 aliphatic carbocycles. The minimum absolute atomic E-state index is 0. The molecule has 2 rings (SSSR count). The first-order valence-corrected chi connectivity index (χ1v) is 7.29. The number of rotatable bonds is 6. The van der Waals surface area contributed by atoms with Crippen molar-refractivity contribution in [1.29, 1.82) is 0 Å². The molecule has 7 heteroatoms. The summed E-state index contributed by atoms with van der Waals surface area (Å²) in [6, 6.07) is 17.4. The number of carbonyl (C=O) groups is 4. The van der Waals surface area contributed by atoms with E-state index < -0.39 is 0 Å². The number of benzene rings is 2. The van der Waals surface area contributed by atoms with E-state index in [4.69, 9.17) is 0 Å². The van der Waals surface area contributed by atoms with Crippen molar-refractivity contribution in [2.75, 3.05) is 0 Å². The first kappa shape index (κ1) is 30.1. The minimum Gasteiger partial charge on any atom is -0.271 e. The molecule has 0 aliphatic heterocycles. The van der Waals surface area contributed by atoms with Crippen molar-refractivity contribution in [2.24, 2.45) is 0 Å². The third-order valence-corrected chi connectivity index (χ3v) is 2.79. The molecule has 27 heavy (non-hydrogen) atoms. The third-order valence-electron chi connectivity index (χ3n) is 2.79. The molecule has 0 aromatic heterocycles. The van der Waals surface area contributed by atoms with Crippen LogP contribution in [0, 0.1) is 37.7 Å². The molecule has 0 atom stereocenters. The number of halogens is 2. The maximum atomic E-state index is 11.2. The molecule has 2 aromatic rings. The molecular weight excluding hydrogens is 466 g/mol. The van der Waals surface area contributed by atoms with E-state index in [0.717, 1.165) is 12.8 Å². The zero-order chi connectivity index (χ0) is 17.9. The van der Waals surface area contributed by atoms with Gasteiger partial charge in [-0.2, -0.15) is 0 Å². The van der Waals surface area contributed by atoms with Crippen LogP contribution in [0.2, 0.25) is 0 Å². The van der Waals surface area contributed by atoms with Gasteiger partial charge in [-0.25, -0.2) is 9.59 Å². The normalized spacial score (nSPS) is 8.07. The molecule has 0 N–H and O–H groups in total. The Balaban J connectivity index is -0.000000384. The van der Waals surface area contributed by atoms with Gasteiger partial charge in [0.1, 0.15) is 0 Å². The summed E-state index contributed by atoms with van der Waals surface area (Å²) in [4.78, 5) is 43.5. The summed E-state index contributed by atoms with van der Waals surface area (Å²) in [5.41, 5.74) is 1.10. The van der Waals surface area contributed by atoms with Crippen LogP contribution in [-0.4, -0.2) is 23.1 Å². The van der Waals surface area contributed by atoms with E-state index in [-0.39, 0.29) is 74.2 Å². The molecule has 0 heterocycles. The van der Waals surface area contributed by atoms with Crippen molar-refractivity contribution in [1.82, 2.24) is 0 Å². The SMILES string of the molecule is CC(=O)[CH+]C(=O)c1ccccc1.CC(=O)[CH+]C(=O)c1ccccc1.[ClH2+].[ClH2+].[Zr]. The standard InChI is InChI=1S/2C10H9O2.2ClH2.Zr/c2*1-8(11)7-10(12)9-5-3-2-4-6-9;;;/h2*2-7H,1H3;2*1H2;/q4*+1;. The fourth-order valence-electron chi connectivity index (χ4n) is 1.74. The van der Waals surface area contributed by atoms with Gasteiger partial charge < -0.3 is 0 Å². The van der Waals surface area contributed by atoms with Crippen molar-refractivity contribution in [3.8, 4) is 0 Å². The summed E-state index contributed by atoms with van der Waals surface area (Å²) in [6.45, 7) is 2.72. The van der Waals surface area contributed by atoms with E-state index in [9.17, 15) is 19.2 Å². The molecule has 0 unspecified atom stereocenters. The number of Topliss-reactive ketones (excluding diaryl/α,β-unsaturated/α-hetero) is 4. The predicted octanol–water partition coefficient (Wildman–Crippen LogP) is 2.25. The van der Waals surface area contributed by atoms with Crippen molar-refractivity contribution in [3.05, 3.63) is 84.6 Å². The van der Waals surface area contributed by atoms with E-state index in [1.165, 1.54) is 13.8 Å². The number of carbonyl (C=O) groups excluding carboxylic acids is 4. The van der Waals surface area contributed by atoms with Crippen molar-refractivity contribution >= 4 is 23.1 Å². The molecular formula is C20H22Cl2O4Zr+4. The molecule has 0 amide bonds. The molecule has 2 aromatic carbocycles. The number of hydrogen-bond acceptors (Lipinski definition) is 4. The summed E-state index contributed by atoms with van der Waals surface area (Å²) < 4.78 is 0. The number of ketones is 4. The average molecular weight is 489 g/mol. The Morgan fingerprint density at radius 1 is 0.593 bits per heavy atom. The Bertz CT molecular complexity index is 656. The van der Waals surface area contributed by atoms with Crippen LogP contribution in [0.1, 0.15) is 34.6 Å². The third kappa shape index (κ3) is 13.2. The van der Waals surface area contributed by atoms with Crippen LogP contribution in [0.25, 0.3) is 0 Å². The molecule has 4 nitrogen and oxygen atoms in total. The van der Waals surface area contributed by atoms with Crippen LogP contribution in [0.3, 0.4) is 0 Å². The van der Waals surface area contributed by atoms with Crippen LogP contribution in [0.5, 0.6) is 0 Å². The quantitative estimate of drug-likeness (QED) is 0.356. The maximum absolute atomic E-state index is 11.2. The molecule has 0 radical (unpaired) electrons. The summed E-state index contributed by atoms with van der Waals surface area (Å²) in [5, 5.41) is 0. The molecule has 0 aliphatic rings. The number of hydrogen-bond donors (Lipinski definition) is 0. The predicted molar refractivity (Wildman–Crippen MR) is 97.1 cm³/mol. The van der Waals surface area contributed by atoms with Gasteiger partial charge >= 0.3 is 11.6 Å². The molecule has 0 bridgehead atoms. The van der Waals surface area contributed by atoms with Crippen LogP contribution in [0.4, 0.5) is 0 Å². The fraction of sp³-hybridized carbons (Fsp3) is 0.100. The Morgan fingerprint density at radius 3 is 1.07 bits per heavy atom. The Kier molecular flexibility index (Phi) is 18.4. The van der Waals surface area contributed by atoms with Gasteiger partial charge in [0.25, 0.3) is 0 Å². The van der Waals surface area contributed by atoms with Crippen molar-refractivity contribution < 1.29 is 70.2 Å². The van der Waals surface area contributed by atoms with Gasteiger partial charge in [-0.1, -0.05) is 12.1 Å². The summed E-state index contributed by atoms with van der Waals surface area (Å²) >= 11 is 0. The van der Waals surface area contributed by atoms with Crippen LogP contribution in [-0.2, 0) is 35.8 Å². The van der Waals surface area contributed by atoms with Gasteiger partial charge in [0.2, 0.25) is 11.6 Å². The fourth-order valence-corrected chi connectivity index (χ4v) is 1.74. The zero-order valence-electron chi connectivity index (χ0n) is 15.0. The monoisotopic (exact) mass is 486 g/mol. The van der Waals surface area contributed by atoms with Gasteiger partial charge in [0.05, 0.1) is 24.8 Å². The molecule has 0 saturated heterocycles. The second-order valence-electron chi connectivity index (χ2n) is 4.97. The second kappa shape index (κ2) is 16.5. The summed E-state index contributed by atoms with van der Waals surface area (Å²) in [6.07, 6.45) is 2.19. The van der Waals surface area contributed by atoms with Crippen molar-refractivity contribution in [2.45, 2.75) is 13.8 Å². The van der Waals surface area contributed by atoms with E-state index in [2.05, 4.69) is 0 Å². The van der Waals surface area contributed by atoms with Gasteiger partial charge in [-0.3, -0.25) is 9.59 Å². The second-order valence-corrected chi connectivity index (χ2v) is 4.97. The topological polar surface area (TPSA) is 68.3 Å². The first-order chi connectivity index (χ1) is 11.4.